The van der Waals surface area contributed by atoms with Crippen LogP contribution in [-0.2, 0) is 19.8 Å². The van der Waals surface area contributed by atoms with E-state index >= 15 is 4.39 Å². The van der Waals surface area contributed by atoms with Crippen molar-refractivity contribution >= 4 is 52.0 Å². The first-order chi connectivity index (χ1) is 26.3. The van der Waals surface area contributed by atoms with E-state index in [-0.39, 0.29) is 53.6 Å². The van der Waals surface area contributed by atoms with Gasteiger partial charge in [-0.05, 0) is 99.9 Å². The number of piperidine rings is 1. The number of hydrogen-bond acceptors (Lipinski definition) is 10. The molecule has 13 heteroatoms. The predicted octanol–water partition coefficient (Wildman–Crippen LogP) is 4.83. The van der Waals surface area contributed by atoms with Crippen molar-refractivity contribution in [2.45, 2.75) is 88.9 Å². The lowest BCUT2D eigenvalue weighted by Gasteiger charge is -2.54. The van der Waals surface area contributed by atoms with Gasteiger partial charge in [-0.1, -0.05) is 24.3 Å². The van der Waals surface area contributed by atoms with Gasteiger partial charge in [-0.2, -0.15) is 5.26 Å². The molecule has 2 saturated heterocycles. The summed E-state index contributed by atoms with van der Waals surface area (Å²) < 4.78 is 15.3. The highest BCUT2D eigenvalue weighted by atomic mass is 19.1. The number of imide groups is 2. The van der Waals surface area contributed by atoms with Crippen molar-refractivity contribution in [3.63, 3.8) is 0 Å². The van der Waals surface area contributed by atoms with E-state index in [1.54, 1.807) is 6.92 Å². The van der Waals surface area contributed by atoms with Crippen LogP contribution in [0.5, 0.6) is 0 Å². The number of hydrogen-bond donors (Lipinski definition) is 3. The maximum Gasteiger partial charge on any atom is 0.262 e. The first-order valence-corrected chi connectivity index (χ1v) is 18.7. The number of ketones is 1. The van der Waals surface area contributed by atoms with Gasteiger partial charge < -0.3 is 16.0 Å². The molecule has 8 rings (SSSR count). The number of carbonyl (C=O) groups is 5. The molecular formula is C42H42FN7O5. The molecule has 0 spiro atoms. The van der Waals surface area contributed by atoms with Crippen LogP contribution in [0.15, 0.2) is 60.3 Å². The number of nitrogens with two attached hydrogens (primary N) is 1. The molecule has 4 amide bonds. The highest BCUT2D eigenvalue weighted by molar-refractivity contribution is 6.24. The molecule has 5 aliphatic rings. The maximum absolute atomic E-state index is 15.3. The van der Waals surface area contributed by atoms with Crippen molar-refractivity contribution in [3.8, 4) is 6.07 Å². The maximum atomic E-state index is 15.3. The van der Waals surface area contributed by atoms with E-state index in [2.05, 4.69) is 57.7 Å². The van der Waals surface area contributed by atoms with Crippen LogP contribution >= 0.6 is 0 Å². The molecule has 2 saturated carbocycles. The molecule has 2 aliphatic carbocycles. The standard InChI is InChI=1S/C42H42FN7O5/c1-22-4-5-25(38(23(2)45)24(3)51)14-36(22)49(28-8-6-26(7-9-28)42(21-44)12-13-42)30-19-48(20-30)29-15-27(16-29)46-34-18-32-31(17-33(34)43)40(54)50(41(32)55)35-10-11-37(52)47-39(35)53/h4-9,14,17-18,27,29-30,35,46H,10-13,15-16,19-20,45H2,1-3H3,(H,47,52,53)/b38-23+. The summed E-state index contributed by atoms with van der Waals surface area (Å²) in [6.07, 6.45) is 3.25. The zero-order valence-electron chi connectivity index (χ0n) is 30.9. The van der Waals surface area contributed by atoms with Gasteiger partial charge in [-0.3, -0.25) is 39.1 Å². The molecule has 0 aromatic heterocycles. The van der Waals surface area contributed by atoms with Gasteiger partial charge in [0.15, 0.2) is 5.78 Å². The van der Waals surface area contributed by atoms with E-state index in [0.29, 0.717) is 11.3 Å². The monoisotopic (exact) mass is 743 g/mol. The van der Waals surface area contributed by atoms with Crippen molar-refractivity contribution in [2.75, 3.05) is 23.3 Å². The number of anilines is 3. The molecule has 1 unspecified atom stereocenters. The number of allylic oxidation sites excluding steroid dienone is 2. The zero-order chi connectivity index (χ0) is 38.9. The molecular weight excluding hydrogens is 702 g/mol. The summed E-state index contributed by atoms with van der Waals surface area (Å²) in [5.74, 6) is -3.37. The Kier molecular flexibility index (Phi) is 8.84. The Morgan fingerprint density at radius 3 is 2.27 bits per heavy atom. The highest BCUT2D eigenvalue weighted by Crippen LogP contribution is 2.48. The molecule has 282 valence electrons. The van der Waals surface area contributed by atoms with Gasteiger partial charge in [0.1, 0.15) is 11.9 Å². The highest BCUT2D eigenvalue weighted by Gasteiger charge is 2.47. The Balaban J connectivity index is 0.963. The number of Topliss-reactive ketones (excluding diaryl/α,β-unsaturated/α-hetero) is 1. The van der Waals surface area contributed by atoms with Crippen LogP contribution in [0.25, 0.3) is 5.57 Å². The minimum Gasteiger partial charge on any atom is -0.402 e. The van der Waals surface area contributed by atoms with E-state index in [4.69, 9.17) is 5.73 Å². The molecule has 4 N–H and O–H groups in total. The summed E-state index contributed by atoms with van der Waals surface area (Å²) in [4.78, 5) is 68.6. The van der Waals surface area contributed by atoms with E-state index < -0.39 is 40.9 Å². The third-order valence-corrected chi connectivity index (χ3v) is 11.9. The van der Waals surface area contributed by atoms with Crippen LogP contribution in [0.4, 0.5) is 21.5 Å². The molecule has 1 atom stereocenters. The van der Waals surface area contributed by atoms with Gasteiger partial charge in [0, 0.05) is 54.2 Å². The molecule has 3 heterocycles. The van der Waals surface area contributed by atoms with Gasteiger partial charge in [0.2, 0.25) is 11.8 Å². The van der Waals surface area contributed by atoms with Crippen molar-refractivity contribution < 1.29 is 28.4 Å². The molecule has 4 fully saturated rings. The molecule has 12 nitrogen and oxygen atoms in total. The second-order valence-electron chi connectivity index (χ2n) is 15.6. The molecule has 55 heavy (non-hydrogen) atoms. The first kappa shape index (κ1) is 36.1. The minimum atomic E-state index is -1.12. The number of nitriles is 1. The Morgan fingerprint density at radius 2 is 1.67 bits per heavy atom. The number of benzene rings is 3. The SMILES string of the molecule is CC(=O)/C(=C(/C)N)c1ccc(C)c(N(c2ccc(C3(C#N)CC3)cc2)C2CN(C3CC(Nc4cc5c(cc4F)C(=O)N(C4CCC(=O)NC4=O)C5=O)C3)C2)c1. The van der Waals surface area contributed by atoms with Crippen LogP contribution in [0.2, 0.25) is 0 Å². The summed E-state index contributed by atoms with van der Waals surface area (Å²) in [6, 6.07) is 18.3. The second kappa shape index (κ2) is 13.5. The van der Waals surface area contributed by atoms with Crippen molar-refractivity contribution in [1.29, 1.82) is 5.26 Å². The van der Waals surface area contributed by atoms with Crippen LogP contribution in [-0.4, -0.2) is 76.5 Å². The molecule has 3 aromatic rings. The fourth-order valence-electron chi connectivity index (χ4n) is 8.58. The van der Waals surface area contributed by atoms with Gasteiger partial charge in [0.25, 0.3) is 11.8 Å². The minimum absolute atomic E-state index is 0.00152. The van der Waals surface area contributed by atoms with E-state index in [1.807, 2.05) is 18.2 Å². The Hall–Kier alpha value is -5.87. The number of fused-ring (bicyclic) bond motifs is 1. The summed E-state index contributed by atoms with van der Waals surface area (Å²) in [5, 5.41) is 15.2. The van der Waals surface area contributed by atoms with Gasteiger partial charge in [-0.25, -0.2) is 4.39 Å². The van der Waals surface area contributed by atoms with Crippen molar-refractivity contribution in [1.82, 2.24) is 15.1 Å². The zero-order valence-corrected chi connectivity index (χ0v) is 30.9. The summed E-state index contributed by atoms with van der Waals surface area (Å²) in [5.41, 5.74) is 11.6. The number of aryl methyl sites for hydroxylation is 1. The molecule has 3 aromatic carbocycles. The summed E-state index contributed by atoms with van der Waals surface area (Å²) >= 11 is 0. The topological polar surface area (TPSA) is 169 Å². The number of amides is 4. The number of rotatable bonds is 10. The van der Waals surface area contributed by atoms with Crippen LogP contribution in [0, 0.1) is 24.1 Å². The third kappa shape index (κ3) is 6.24. The number of nitrogens with zero attached hydrogens (tertiary/aromatic N) is 4. The number of likely N-dealkylation sites (tertiary alicyclic amines) is 1. The fourth-order valence-corrected chi connectivity index (χ4v) is 8.58. The quantitative estimate of drug-likeness (QED) is 0.193. The van der Waals surface area contributed by atoms with Crippen LogP contribution in [0.1, 0.15) is 89.8 Å². The molecule has 0 bridgehead atoms. The fraction of sp³-hybridized carbons (Fsp3) is 0.381. The number of carbonyl (C=O) groups excluding carboxylic acids is 5. The predicted molar refractivity (Wildman–Crippen MR) is 203 cm³/mol. The van der Waals surface area contributed by atoms with Crippen molar-refractivity contribution in [3.05, 3.63) is 93.9 Å². The largest absolute Gasteiger partial charge is 0.402 e. The van der Waals surface area contributed by atoms with Gasteiger partial charge >= 0.3 is 0 Å². The average molecular weight is 744 g/mol. The molecule has 0 radical (unpaired) electrons. The summed E-state index contributed by atoms with van der Waals surface area (Å²) in [7, 11) is 0. The first-order valence-electron chi connectivity index (χ1n) is 18.7. The second-order valence-corrected chi connectivity index (χ2v) is 15.6. The Bertz CT molecular complexity index is 2240. The Labute approximate surface area is 318 Å². The normalized spacial score (nSPS) is 23.5. The summed E-state index contributed by atoms with van der Waals surface area (Å²) in [6.45, 7) is 6.85. The average Bonchev–Trinajstić information content (AvgIpc) is 3.87. The lowest BCUT2D eigenvalue weighted by molar-refractivity contribution is -0.136. The third-order valence-electron chi connectivity index (χ3n) is 11.9. The van der Waals surface area contributed by atoms with E-state index in [1.165, 1.54) is 13.0 Å². The van der Waals surface area contributed by atoms with Crippen molar-refractivity contribution in [2.24, 2.45) is 5.73 Å². The Morgan fingerprint density at radius 1 is 1.00 bits per heavy atom. The van der Waals surface area contributed by atoms with E-state index in [9.17, 15) is 29.2 Å². The number of halogens is 1. The lowest BCUT2D eigenvalue weighted by Crippen LogP contribution is -2.65. The van der Waals surface area contributed by atoms with Gasteiger partial charge in [-0.15, -0.1) is 0 Å². The van der Waals surface area contributed by atoms with E-state index in [0.717, 1.165) is 77.8 Å². The smallest absolute Gasteiger partial charge is 0.262 e. The number of nitrogens with one attached hydrogen (secondary N) is 2. The van der Waals surface area contributed by atoms with Crippen LogP contribution in [0.3, 0.4) is 0 Å². The van der Waals surface area contributed by atoms with Gasteiger partial charge in [0.05, 0.1) is 34.3 Å². The molecule has 3 aliphatic heterocycles. The lowest BCUT2D eigenvalue weighted by atomic mass is 9.82. The van der Waals surface area contributed by atoms with Crippen LogP contribution < -0.4 is 21.3 Å².